The summed E-state index contributed by atoms with van der Waals surface area (Å²) in [5.41, 5.74) is 0.880. The molecular formula is C12H3Cl7. The van der Waals surface area contributed by atoms with Crippen LogP contribution in [0.2, 0.25) is 35.2 Å². The molecule has 2 aromatic rings. The van der Waals surface area contributed by atoms with Crippen molar-refractivity contribution in [1.29, 1.82) is 0 Å². The minimum absolute atomic E-state index is 0.185. The lowest BCUT2D eigenvalue weighted by atomic mass is 10.1. The molecule has 0 bridgehead atoms. The fourth-order valence-electron chi connectivity index (χ4n) is 1.58. The van der Waals surface area contributed by atoms with E-state index in [-0.39, 0.29) is 15.1 Å². The van der Waals surface area contributed by atoms with Crippen LogP contribution in [0.5, 0.6) is 0 Å². The maximum Gasteiger partial charge on any atom is 0.0785 e. The van der Waals surface area contributed by atoms with Crippen molar-refractivity contribution in [3.05, 3.63) is 53.4 Å². The zero-order valence-electron chi connectivity index (χ0n) is 8.88. The minimum Gasteiger partial charge on any atom is -0.0842 e. The van der Waals surface area contributed by atoms with Gasteiger partial charge in [-0.15, -0.1) is 0 Å². The number of benzene rings is 2. The molecule has 7 heteroatoms. The molecule has 0 aliphatic carbocycles. The van der Waals surface area contributed by atoms with E-state index in [0.29, 0.717) is 31.2 Å². The standard InChI is InChI=1S/C12H3Cl7/c13-4-1-5(14)9(6(15)2-4)10-7(16)3-8(17)11(18)12(10)19/h1-3H. The van der Waals surface area contributed by atoms with E-state index in [1.807, 2.05) is 0 Å². The van der Waals surface area contributed by atoms with Crippen LogP contribution in [0.3, 0.4) is 0 Å². The van der Waals surface area contributed by atoms with Crippen molar-refractivity contribution in [1.82, 2.24) is 0 Å². The minimum atomic E-state index is 0.185. The second kappa shape index (κ2) is 6.07. The van der Waals surface area contributed by atoms with Crippen molar-refractivity contribution in [2.24, 2.45) is 0 Å². The molecule has 0 saturated carbocycles. The Morgan fingerprint density at radius 1 is 0.474 bits per heavy atom. The molecular weight excluding hydrogens is 392 g/mol. The van der Waals surface area contributed by atoms with Gasteiger partial charge in [0.15, 0.2) is 0 Å². The molecule has 100 valence electrons. The summed E-state index contributed by atoms with van der Waals surface area (Å²) in [6.07, 6.45) is 0. The molecule has 0 radical (unpaired) electrons. The van der Waals surface area contributed by atoms with Gasteiger partial charge >= 0.3 is 0 Å². The highest BCUT2D eigenvalue weighted by atomic mass is 35.5. The van der Waals surface area contributed by atoms with Crippen molar-refractivity contribution >= 4 is 81.2 Å². The smallest absolute Gasteiger partial charge is 0.0785 e. The van der Waals surface area contributed by atoms with Crippen LogP contribution < -0.4 is 0 Å². The molecule has 19 heavy (non-hydrogen) atoms. The lowest BCUT2D eigenvalue weighted by Gasteiger charge is -2.13. The van der Waals surface area contributed by atoms with E-state index in [0.717, 1.165) is 0 Å². The van der Waals surface area contributed by atoms with Gasteiger partial charge in [-0.2, -0.15) is 0 Å². The van der Waals surface area contributed by atoms with Gasteiger partial charge in [0.2, 0.25) is 0 Å². The Morgan fingerprint density at radius 2 is 0.947 bits per heavy atom. The van der Waals surface area contributed by atoms with Gasteiger partial charge in [-0.3, -0.25) is 0 Å². The number of rotatable bonds is 1. The fraction of sp³-hybridized carbons (Fsp3) is 0. The average Bonchev–Trinajstić information content (AvgIpc) is 2.29. The zero-order valence-corrected chi connectivity index (χ0v) is 14.2. The molecule has 0 spiro atoms. The van der Waals surface area contributed by atoms with Crippen LogP contribution in [0, 0.1) is 0 Å². The van der Waals surface area contributed by atoms with Gasteiger partial charge in [0.05, 0.1) is 30.1 Å². The molecule has 0 fully saturated rings. The lowest BCUT2D eigenvalue weighted by molar-refractivity contribution is 1.61. The number of halogens is 7. The monoisotopic (exact) mass is 392 g/mol. The molecule has 2 aromatic carbocycles. The topological polar surface area (TPSA) is 0 Å². The van der Waals surface area contributed by atoms with E-state index in [9.17, 15) is 0 Å². The van der Waals surface area contributed by atoms with E-state index < -0.39 is 0 Å². The molecule has 0 N–H and O–H groups in total. The molecule has 0 amide bonds. The molecule has 0 heterocycles. The van der Waals surface area contributed by atoms with Crippen molar-refractivity contribution in [3.63, 3.8) is 0 Å². The van der Waals surface area contributed by atoms with E-state index in [4.69, 9.17) is 81.2 Å². The van der Waals surface area contributed by atoms with Crippen LogP contribution in [-0.4, -0.2) is 0 Å². The van der Waals surface area contributed by atoms with E-state index in [1.165, 1.54) is 6.07 Å². The van der Waals surface area contributed by atoms with E-state index in [1.54, 1.807) is 12.1 Å². The fourth-order valence-corrected chi connectivity index (χ4v) is 3.68. The van der Waals surface area contributed by atoms with Crippen molar-refractivity contribution in [2.45, 2.75) is 0 Å². The summed E-state index contributed by atoms with van der Waals surface area (Å²) >= 11 is 42.4. The average molecular weight is 395 g/mol. The van der Waals surface area contributed by atoms with Crippen LogP contribution in [0.4, 0.5) is 0 Å². The van der Waals surface area contributed by atoms with Crippen molar-refractivity contribution in [2.75, 3.05) is 0 Å². The Balaban J connectivity index is 2.84. The van der Waals surface area contributed by atoms with Crippen LogP contribution in [0.15, 0.2) is 18.2 Å². The summed E-state index contributed by atoms with van der Waals surface area (Å²) < 4.78 is 0. The first kappa shape index (κ1) is 15.9. The highest BCUT2D eigenvalue weighted by Crippen LogP contribution is 2.47. The lowest BCUT2D eigenvalue weighted by Crippen LogP contribution is -1.87. The second-order valence-corrected chi connectivity index (χ2v) is 6.41. The summed E-state index contributed by atoms with van der Waals surface area (Å²) in [5, 5.41) is 1.97. The number of hydrogen-bond acceptors (Lipinski definition) is 0. The largest absolute Gasteiger partial charge is 0.0842 e. The maximum atomic E-state index is 6.17. The van der Waals surface area contributed by atoms with Gasteiger partial charge in [0.1, 0.15) is 0 Å². The van der Waals surface area contributed by atoms with E-state index in [2.05, 4.69) is 0 Å². The summed E-state index contributed by atoms with van der Waals surface area (Å²) in [4.78, 5) is 0. The summed E-state index contributed by atoms with van der Waals surface area (Å²) in [6, 6.07) is 4.56. The Bertz CT molecular complexity index is 641. The van der Waals surface area contributed by atoms with Crippen LogP contribution in [0.1, 0.15) is 0 Å². The maximum absolute atomic E-state index is 6.17. The van der Waals surface area contributed by atoms with Gasteiger partial charge < -0.3 is 0 Å². The summed E-state index contributed by atoms with van der Waals surface area (Å²) in [5.74, 6) is 0. The Kier molecular flexibility index (Phi) is 5.07. The molecule has 0 aliphatic heterocycles. The predicted octanol–water partition coefficient (Wildman–Crippen LogP) is 7.93. The van der Waals surface area contributed by atoms with Gasteiger partial charge in [0.25, 0.3) is 0 Å². The zero-order chi connectivity index (χ0) is 14.3. The Hall–Kier alpha value is 0.470. The van der Waals surface area contributed by atoms with Crippen LogP contribution >= 0.6 is 81.2 Å². The first-order chi connectivity index (χ1) is 8.82. The van der Waals surface area contributed by atoms with Crippen molar-refractivity contribution < 1.29 is 0 Å². The molecule has 2 rings (SSSR count). The summed E-state index contributed by atoms with van der Waals surface area (Å²) in [7, 11) is 0. The van der Waals surface area contributed by atoms with Gasteiger partial charge in [-0.05, 0) is 18.2 Å². The Morgan fingerprint density at radius 3 is 1.47 bits per heavy atom. The summed E-state index contributed by atoms with van der Waals surface area (Å²) in [6.45, 7) is 0. The highest BCUT2D eigenvalue weighted by molar-refractivity contribution is 6.52. The SMILES string of the molecule is Clc1cc(Cl)c(-c2c(Cl)cc(Cl)c(Cl)c2Cl)c(Cl)c1. The molecule has 0 aromatic heterocycles. The first-order valence-electron chi connectivity index (χ1n) is 4.80. The quantitative estimate of drug-likeness (QED) is 0.340. The third-order valence-corrected chi connectivity index (χ3v) is 4.75. The van der Waals surface area contributed by atoms with Gasteiger partial charge in [0, 0.05) is 16.1 Å². The van der Waals surface area contributed by atoms with Gasteiger partial charge in [-0.1, -0.05) is 81.2 Å². The molecule has 0 aliphatic rings. The molecule has 0 nitrogen and oxygen atoms in total. The number of hydrogen-bond donors (Lipinski definition) is 0. The normalized spacial score (nSPS) is 10.9. The second-order valence-electron chi connectivity index (χ2n) is 3.59. The van der Waals surface area contributed by atoms with Crippen LogP contribution in [-0.2, 0) is 0 Å². The molecule has 0 atom stereocenters. The van der Waals surface area contributed by atoms with E-state index >= 15 is 0 Å². The van der Waals surface area contributed by atoms with Crippen molar-refractivity contribution in [3.8, 4) is 11.1 Å². The molecule has 0 saturated heterocycles. The van der Waals surface area contributed by atoms with Crippen LogP contribution in [0.25, 0.3) is 11.1 Å². The highest BCUT2D eigenvalue weighted by Gasteiger charge is 2.20. The molecule has 0 unspecified atom stereocenters. The third-order valence-electron chi connectivity index (χ3n) is 2.37. The van der Waals surface area contributed by atoms with Gasteiger partial charge in [-0.25, -0.2) is 0 Å². The first-order valence-corrected chi connectivity index (χ1v) is 7.45. The Labute approximate surface area is 145 Å². The third kappa shape index (κ3) is 3.06. The predicted molar refractivity (Wildman–Crippen MR) is 86.9 cm³/mol.